The van der Waals surface area contributed by atoms with Crippen LogP contribution in [0.1, 0.15) is 24.5 Å². The van der Waals surface area contributed by atoms with Crippen LogP contribution in [0.25, 0.3) is 0 Å². The van der Waals surface area contributed by atoms with Crippen LogP contribution in [0.5, 0.6) is 0 Å². The van der Waals surface area contributed by atoms with E-state index >= 15 is 0 Å². The lowest BCUT2D eigenvalue weighted by Crippen LogP contribution is -2.11. The number of aryl methyl sites for hydroxylation is 1. The number of hydrogen-bond acceptors (Lipinski definition) is 2. The van der Waals surface area contributed by atoms with Crippen molar-refractivity contribution in [1.29, 1.82) is 0 Å². The second-order valence-electron chi connectivity index (χ2n) is 4.08. The lowest BCUT2D eigenvalue weighted by Gasteiger charge is -2.09. The number of hydrogen-bond donors (Lipinski definition) is 1. The highest BCUT2D eigenvalue weighted by atomic mass is 32.2. The Morgan fingerprint density at radius 2 is 2.36 bits per heavy atom. The SMILES string of the molecule is Cc1cccc2c1CC(CC(C)O)S2. The standard InChI is InChI=1S/C12H16OS/c1-8-4-3-5-12-11(8)7-10(14-12)6-9(2)13/h3-5,9-10,13H,6-7H2,1-2H3. The molecular weight excluding hydrogens is 192 g/mol. The molecule has 1 N–H and O–H groups in total. The zero-order valence-corrected chi connectivity index (χ0v) is 9.47. The van der Waals surface area contributed by atoms with Gasteiger partial charge in [0.1, 0.15) is 0 Å². The molecule has 0 saturated carbocycles. The van der Waals surface area contributed by atoms with Gasteiger partial charge in [0.05, 0.1) is 6.10 Å². The van der Waals surface area contributed by atoms with E-state index in [1.807, 2.05) is 18.7 Å². The van der Waals surface area contributed by atoms with Gasteiger partial charge in [0.2, 0.25) is 0 Å². The van der Waals surface area contributed by atoms with E-state index in [9.17, 15) is 5.11 Å². The topological polar surface area (TPSA) is 20.2 Å². The second kappa shape index (κ2) is 3.95. The zero-order valence-electron chi connectivity index (χ0n) is 8.66. The molecule has 0 spiro atoms. The van der Waals surface area contributed by atoms with Crippen LogP contribution in [0.15, 0.2) is 23.1 Å². The molecule has 2 unspecified atom stereocenters. The number of aliphatic hydroxyl groups is 1. The molecule has 0 bridgehead atoms. The summed E-state index contributed by atoms with van der Waals surface area (Å²) in [5.74, 6) is 0. The molecule has 1 nitrogen and oxygen atoms in total. The lowest BCUT2D eigenvalue weighted by atomic mass is 10.0. The van der Waals surface area contributed by atoms with E-state index in [2.05, 4.69) is 25.1 Å². The molecule has 1 aliphatic rings. The Kier molecular flexibility index (Phi) is 2.84. The molecule has 0 saturated heterocycles. The fraction of sp³-hybridized carbons (Fsp3) is 0.500. The Labute approximate surface area is 89.5 Å². The number of thioether (sulfide) groups is 1. The van der Waals surface area contributed by atoms with Crippen LogP contribution >= 0.6 is 11.8 Å². The number of fused-ring (bicyclic) bond motifs is 1. The Morgan fingerprint density at radius 1 is 1.57 bits per heavy atom. The van der Waals surface area contributed by atoms with Crippen molar-refractivity contribution in [3.63, 3.8) is 0 Å². The predicted molar refractivity (Wildman–Crippen MR) is 60.8 cm³/mol. The van der Waals surface area contributed by atoms with Crippen molar-refractivity contribution in [1.82, 2.24) is 0 Å². The predicted octanol–water partition coefficient (Wildman–Crippen LogP) is 2.78. The van der Waals surface area contributed by atoms with Crippen LogP contribution in [0.3, 0.4) is 0 Å². The highest BCUT2D eigenvalue weighted by Crippen LogP contribution is 2.40. The molecular formula is C12H16OS. The summed E-state index contributed by atoms with van der Waals surface area (Å²) < 4.78 is 0. The van der Waals surface area contributed by atoms with Gasteiger partial charge in [-0.15, -0.1) is 11.8 Å². The van der Waals surface area contributed by atoms with Gasteiger partial charge in [0, 0.05) is 10.1 Å². The molecule has 1 aliphatic heterocycles. The van der Waals surface area contributed by atoms with Crippen molar-refractivity contribution in [3.8, 4) is 0 Å². The van der Waals surface area contributed by atoms with Gasteiger partial charge < -0.3 is 5.11 Å². The molecule has 0 radical (unpaired) electrons. The summed E-state index contributed by atoms with van der Waals surface area (Å²) in [7, 11) is 0. The van der Waals surface area contributed by atoms with Gasteiger partial charge in [-0.05, 0) is 43.9 Å². The van der Waals surface area contributed by atoms with Crippen LogP contribution in [0.4, 0.5) is 0 Å². The number of benzene rings is 1. The first-order chi connectivity index (χ1) is 6.66. The van der Waals surface area contributed by atoms with E-state index in [0.29, 0.717) is 5.25 Å². The van der Waals surface area contributed by atoms with Crippen molar-refractivity contribution < 1.29 is 5.11 Å². The normalized spacial score (nSPS) is 22.1. The van der Waals surface area contributed by atoms with Crippen molar-refractivity contribution in [2.24, 2.45) is 0 Å². The molecule has 2 atom stereocenters. The van der Waals surface area contributed by atoms with E-state index in [-0.39, 0.29) is 6.10 Å². The van der Waals surface area contributed by atoms with Gasteiger partial charge in [-0.2, -0.15) is 0 Å². The molecule has 2 rings (SSSR count). The molecule has 0 amide bonds. The van der Waals surface area contributed by atoms with Crippen LogP contribution in [-0.4, -0.2) is 16.5 Å². The van der Waals surface area contributed by atoms with Crippen molar-refractivity contribution in [3.05, 3.63) is 29.3 Å². The summed E-state index contributed by atoms with van der Waals surface area (Å²) in [6.07, 6.45) is 1.85. The largest absolute Gasteiger partial charge is 0.393 e. The molecule has 0 fully saturated rings. The Hall–Kier alpha value is -0.470. The molecule has 1 aromatic rings. The fourth-order valence-electron chi connectivity index (χ4n) is 2.01. The maximum atomic E-state index is 9.35. The minimum atomic E-state index is -0.179. The van der Waals surface area contributed by atoms with E-state index in [1.165, 1.54) is 16.0 Å². The third kappa shape index (κ3) is 1.96. The van der Waals surface area contributed by atoms with Gasteiger partial charge in [-0.3, -0.25) is 0 Å². The number of rotatable bonds is 2. The monoisotopic (exact) mass is 208 g/mol. The Bertz CT molecular complexity index is 333. The molecule has 1 heterocycles. The van der Waals surface area contributed by atoms with Crippen LogP contribution in [-0.2, 0) is 6.42 Å². The first kappa shape index (κ1) is 10.1. The zero-order chi connectivity index (χ0) is 10.1. The fourth-order valence-corrected chi connectivity index (χ4v) is 3.54. The maximum Gasteiger partial charge on any atom is 0.0522 e. The Balaban J connectivity index is 2.14. The smallest absolute Gasteiger partial charge is 0.0522 e. The summed E-state index contributed by atoms with van der Waals surface area (Å²) in [6.45, 7) is 4.04. The molecule has 0 aromatic heterocycles. The summed E-state index contributed by atoms with van der Waals surface area (Å²) in [5.41, 5.74) is 2.88. The van der Waals surface area contributed by atoms with Crippen molar-refractivity contribution >= 4 is 11.8 Å². The molecule has 0 aliphatic carbocycles. The second-order valence-corrected chi connectivity index (χ2v) is 5.42. The summed E-state index contributed by atoms with van der Waals surface area (Å²) >= 11 is 1.92. The van der Waals surface area contributed by atoms with Crippen LogP contribution in [0, 0.1) is 6.92 Å². The third-order valence-corrected chi connectivity index (χ3v) is 4.03. The Morgan fingerprint density at radius 3 is 3.00 bits per heavy atom. The van der Waals surface area contributed by atoms with Crippen LogP contribution < -0.4 is 0 Å². The highest BCUT2D eigenvalue weighted by molar-refractivity contribution is 8.00. The quantitative estimate of drug-likeness (QED) is 0.806. The summed E-state index contributed by atoms with van der Waals surface area (Å²) in [6, 6.07) is 6.48. The lowest BCUT2D eigenvalue weighted by molar-refractivity contribution is 0.184. The van der Waals surface area contributed by atoms with Gasteiger partial charge >= 0.3 is 0 Å². The minimum Gasteiger partial charge on any atom is -0.393 e. The van der Waals surface area contributed by atoms with E-state index in [0.717, 1.165) is 12.8 Å². The minimum absolute atomic E-state index is 0.179. The van der Waals surface area contributed by atoms with Crippen LogP contribution in [0.2, 0.25) is 0 Å². The van der Waals surface area contributed by atoms with Crippen molar-refractivity contribution in [2.75, 3.05) is 0 Å². The van der Waals surface area contributed by atoms with Gasteiger partial charge in [0.15, 0.2) is 0 Å². The average molecular weight is 208 g/mol. The first-order valence-corrected chi connectivity index (χ1v) is 5.98. The molecule has 1 aromatic carbocycles. The molecule has 2 heteroatoms. The molecule has 14 heavy (non-hydrogen) atoms. The van der Waals surface area contributed by atoms with Crippen molar-refractivity contribution in [2.45, 2.75) is 42.9 Å². The van der Waals surface area contributed by atoms with E-state index < -0.39 is 0 Å². The van der Waals surface area contributed by atoms with Gasteiger partial charge in [-0.25, -0.2) is 0 Å². The maximum absolute atomic E-state index is 9.35. The number of aliphatic hydroxyl groups excluding tert-OH is 1. The average Bonchev–Trinajstić information content (AvgIpc) is 2.47. The van der Waals surface area contributed by atoms with E-state index in [1.54, 1.807) is 0 Å². The summed E-state index contributed by atoms with van der Waals surface area (Å²) in [5, 5.41) is 9.92. The van der Waals surface area contributed by atoms with E-state index in [4.69, 9.17) is 0 Å². The van der Waals surface area contributed by atoms with Gasteiger partial charge in [0.25, 0.3) is 0 Å². The first-order valence-electron chi connectivity index (χ1n) is 5.10. The molecule has 76 valence electrons. The summed E-state index contributed by atoms with van der Waals surface area (Å²) in [4.78, 5) is 1.41. The third-order valence-electron chi connectivity index (χ3n) is 2.70. The highest BCUT2D eigenvalue weighted by Gasteiger charge is 2.24. The van der Waals surface area contributed by atoms with Gasteiger partial charge in [-0.1, -0.05) is 12.1 Å².